The van der Waals surface area contributed by atoms with Crippen LogP contribution in [0.1, 0.15) is 19.4 Å². The SMILES string of the molecule is CNCC(C)C(C)N1CCN(c2cccc(C)c2)CC1. The zero-order chi connectivity index (χ0) is 14.5. The molecule has 1 fully saturated rings. The second kappa shape index (κ2) is 7.09. The lowest BCUT2D eigenvalue weighted by atomic mass is 10.0. The van der Waals surface area contributed by atoms with Crippen molar-refractivity contribution in [3.8, 4) is 0 Å². The Labute approximate surface area is 124 Å². The summed E-state index contributed by atoms with van der Waals surface area (Å²) in [5.41, 5.74) is 2.72. The van der Waals surface area contributed by atoms with Gasteiger partial charge in [0.1, 0.15) is 0 Å². The summed E-state index contributed by atoms with van der Waals surface area (Å²) in [4.78, 5) is 5.15. The molecule has 0 spiro atoms. The molecule has 0 aromatic heterocycles. The van der Waals surface area contributed by atoms with Crippen molar-refractivity contribution in [1.82, 2.24) is 10.2 Å². The number of anilines is 1. The molecule has 2 unspecified atom stereocenters. The second-order valence-corrected chi connectivity index (χ2v) is 6.14. The van der Waals surface area contributed by atoms with Crippen molar-refractivity contribution in [2.45, 2.75) is 26.8 Å². The summed E-state index contributed by atoms with van der Waals surface area (Å²) < 4.78 is 0. The second-order valence-electron chi connectivity index (χ2n) is 6.14. The molecule has 1 N–H and O–H groups in total. The van der Waals surface area contributed by atoms with Crippen LogP contribution in [-0.2, 0) is 0 Å². The monoisotopic (exact) mass is 275 g/mol. The smallest absolute Gasteiger partial charge is 0.0369 e. The summed E-state index contributed by atoms with van der Waals surface area (Å²) >= 11 is 0. The van der Waals surface area contributed by atoms with Gasteiger partial charge in [-0.25, -0.2) is 0 Å². The lowest BCUT2D eigenvalue weighted by molar-refractivity contribution is 0.152. The normalized spacial score (nSPS) is 19.9. The quantitative estimate of drug-likeness (QED) is 0.890. The molecule has 20 heavy (non-hydrogen) atoms. The summed E-state index contributed by atoms with van der Waals surface area (Å²) in [6, 6.07) is 9.51. The van der Waals surface area contributed by atoms with Crippen LogP contribution >= 0.6 is 0 Å². The van der Waals surface area contributed by atoms with E-state index in [0.29, 0.717) is 12.0 Å². The van der Waals surface area contributed by atoms with E-state index in [1.807, 2.05) is 7.05 Å². The van der Waals surface area contributed by atoms with Crippen LogP contribution in [0.15, 0.2) is 24.3 Å². The summed E-state index contributed by atoms with van der Waals surface area (Å²) in [6.45, 7) is 12.6. The average Bonchev–Trinajstić information content (AvgIpc) is 2.47. The molecule has 0 aliphatic carbocycles. The molecule has 1 aromatic rings. The molecule has 112 valence electrons. The van der Waals surface area contributed by atoms with Gasteiger partial charge in [-0.2, -0.15) is 0 Å². The van der Waals surface area contributed by atoms with Gasteiger partial charge in [-0.3, -0.25) is 4.90 Å². The van der Waals surface area contributed by atoms with Gasteiger partial charge in [-0.05, 0) is 51.1 Å². The molecule has 1 heterocycles. The first-order chi connectivity index (χ1) is 9.61. The molecule has 2 rings (SSSR count). The van der Waals surface area contributed by atoms with Crippen molar-refractivity contribution >= 4 is 5.69 Å². The first-order valence-corrected chi connectivity index (χ1v) is 7.82. The third-order valence-electron chi connectivity index (χ3n) is 4.61. The number of nitrogens with one attached hydrogen (secondary N) is 1. The molecular formula is C17H29N3. The van der Waals surface area contributed by atoms with Crippen molar-refractivity contribution in [3.05, 3.63) is 29.8 Å². The maximum Gasteiger partial charge on any atom is 0.0369 e. The van der Waals surface area contributed by atoms with Crippen LogP contribution in [0.5, 0.6) is 0 Å². The van der Waals surface area contributed by atoms with Crippen molar-refractivity contribution in [2.75, 3.05) is 44.7 Å². The number of benzene rings is 1. The van der Waals surface area contributed by atoms with E-state index in [0.717, 1.165) is 19.6 Å². The number of aryl methyl sites for hydroxylation is 1. The van der Waals surface area contributed by atoms with Crippen molar-refractivity contribution in [2.24, 2.45) is 5.92 Å². The highest BCUT2D eigenvalue weighted by molar-refractivity contribution is 5.48. The van der Waals surface area contributed by atoms with Crippen LogP contribution in [-0.4, -0.2) is 50.7 Å². The lowest BCUT2D eigenvalue weighted by Gasteiger charge is -2.41. The molecule has 3 nitrogen and oxygen atoms in total. The Kier molecular flexibility index (Phi) is 5.44. The van der Waals surface area contributed by atoms with Crippen LogP contribution in [0.3, 0.4) is 0 Å². The average molecular weight is 275 g/mol. The van der Waals surface area contributed by atoms with Gasteiger partial charge in [-0.15, -0.1) is 0 Å². The third-order valence-corrected chi connectivity index (χ3v) is 4.61. The highest BCUT2D eigenvalue weighted by Crippen LogP contribution is 2.20. The lowest BCUT2D eigenvalue weighted by Crippen LogP contribution is -2.52. The van der Waals surface area contributed by atoms with E-state index in [1.165, 1.54) is 24.3 Å². The number of hydrogen-bond acceptors (Lipinski definition) is 3. The Morgan fingerprint density at radius 2 is 1.85 bits per heavy atom. The van der Waals surface area contributed by atoms with Gasteiger partial charge in [0.15, 0.2) is 0 Å². The fourth-order valence-corrected chi connectivity index (χ4v) is 3.06. The van der Waals surface area contributed by atoms with Gasteiger partial charge in [0.05, 0.1) is 0 Å². The molecule has 0 saturated carbocycles. The van der Waals surface area contributed by atoms with Gasteiger partial charge >= 0.3 is 0 Å². The number of piperazine rings is 1. The summed E-state index contributed by atoms with van der Waals surface area (Å²) in [5.74, 6) is 0.700. The fraction of sp³-hybridized carbons (Fsp3) is 0.647. The predicted octanol–water partition coefficient (Wildman–Crippen LogP) is 2.36. The molecule has 2 atom stereocenters. The highest BCUT2D eigenvalue weighted by Gasteiger charge is 2.24. The van der Waals surface area contributed by atoms with Crippen LogP contribution in [0.2, 0.25) is 0 Å². The predicted molar refractivity (Wildman–Crippen MR) is 87.5 cm³/mol. The maximum atomic E-state index is 3.29. The Hall–Kier alpha value is -1.06. The van der Waals surface area contributed by atoms with Gasteiger partial charge in [0.2, 0.25) is 0 Å². The van der Waals surface area contributed by atoms with Crippen molar-refractivity contribution < 1.29 is 0 Å². The fourth-order valence-electron chi connectivity index (χ4n) is 3.06. The molecule has 0 amide bonds. The zero-order valence-corrected chi connectivity index (χ0v) is 13.4. The Balaban J connectivity index is 1.89. The van der Waals surface area contributed by atoms with Gasteiger partial charge in [0, 0.05) is 37.9 Å². The summed E-state index contributed by atoms with van der Waals surface area (Å²) in [6.07, 6.45) is 0. The van der Waals surface area contributed by atoms with Crippen molar-refractivity contribution in [3.63, 3.8) is 0 Å². The van der Waals surface area contributed by atoms with E-state index >= 15 is 0 Å². The zero-order valence-electron chi connectivity index (χ0n) is 13.4. The molecule has 1 saturated heterocycles. The van der Waals surface area contributed by atoms with Gasteiger partial charge < -0.3 is 10.2 Å². The largest absolute Gasteiger partial charge is 0.369 e. The van der Waals surface area contributed by atoms with Gasteiger partial charge in [-0.1, -0.05) is 19.1 Å². The van der Waals surface area contributed by atoms with E-state index in [1.54, 1.807) is 0 Å². The Bertz CT molecular complexity index is 410. The summed E-state index contributed by atoms with van der Waals surface area (Å²) in [5, 5.41) is 3.29. The topological polar surface area (TPSA) is 18.5 Å². The first kappa shape index (κ1) is 15.3. The molecule has 3 heteroatoms. The van der Waals surface area contributed by atoms with Crippen LogP contribution in [0.4, 0.5) is 5.69 Å². The minimum atomic E-state index is 0.655. The van der Waals surface area contributed by atoms with Gasteiger partial charge in [0.25, 0.3) is 0 Å². The molecule has 1 aliphatic heterocycles. The van der Waals surface area contributed by atoms with E-state index in [2.05, 4.69) is 60.2 Å². The maximum absolute atomic E-state index is 3.29. The molecular weight excluding hydrogens is 246 g/mol. The minimum absolute atomic E-state index is 0.655. The van der Waals surface area contributed by atoms with E-state index in [9.17, 15) is 0 Å². The first-order valence-electron chi connectivity index (χ1n) is 7.82. The standard InChI is InChI=1S/C17H29N3/c1-14-6-5-7-17(12-14)20-10-8-19(9-11-20)16(3)15(2)13-18-4/h5-7,12,15-16,18H,8-11,13H2,1-4H3. The molecule has 0 radical (unpaired) electrons. The number of rotatable bonds is 5. The van der Waals surface area contributed by atoms with Crippen LogP contribution < -0.4 is 10.2 Å². The van der Waals surface area contributed by atoms with E-state index < -0.39 is 0 Å². The molecule has 0 bridgehead atoms. The summed E-state index contributed by atoms with van der Waals surface area (Å²) in [7, 11) is 2.04. The Morgan fingerprint density at radius 1 is 1.15 bits per heavy atom. The third kappa shape index (κ3) is 3.74. The van der Waals surface area contributed by atoms with Crippen LogP contribution in [0.25, 0.3) is 0 Å². The van der Waals surface area contributed by atoms with Crippen molar-refractivity contribution in [1.29, 1.82) is 0 Å². The molecule has 1 aromatic carbocycles. The minimum Gasteiger partial charge on any atom is -0.369 e. The highest BCUT2D eigenvalue weighted by atomic mass is 15.3. The van der Waals surface area contributed by atoms with E-state index in [4.69, 9.17) is 0 Å². The number of nitrogens with zero attached hydrogens (tertiary/aromatic N) is 2. The Morgan fingerprint density at radius 3 is 2.45 bits per heavy atom. The molecule has 1 aliphatic rings. The van der Waals surface area contributed by atoms with Crippen LogP contribution in [0, 0.1) is 12.8 Å². The van der Waals surface area contributed by atoms with E-state index in [-0.39, 0.29) is 0 Å². The number of hydrogen-bond donors (Lipinski definition) is 1.